The van der Waals surface area contributed by atoms with E-state index in [1.165, 1.54) is 12.3 Å². The molecule has 0 saturated carbocycles. The molecule has 0 unspecified atom stereocenters. The standard InChI is InChI=1S/C16H10ClN3O3/c17-12-9-13(20(22)23)15(14-11(12)7-4-8-18-14)19-16(21)10-5-2-1-3-6-10/h1-9H,(H,19,21). The lowest BCUT2D eigenvalue weighted by molar-refractivity contribution is -0.383. The van der Waals surface area contributed by atoms with Gasteiger partial charge in [-0.1, -0.05) is 29.8 Å². The van der Waals surface area contributed by atoms with Crippen molar-refractivity contribution in [1.29, 1.82) is 0 Å². The van der Waals surface area contributed by atoms with Gasteiger partial charge >= 0.3 is 0 Å². The van der Waals surface area contributed by atoms with Gasteiger partial charge in [0.1, 0.15) is 11.2 Å². The topological polar surface area (TPSA) is 85.1 Å². The molecular formula is C16H10ClN3O3. The van der Waals surface area contributed by atoms with Gasteiger partial charge in [-0.15, -0.1) is 0 Å². The highest BCUT2D eigenvalue weighted by molar-refractivity contribution is 6.36. The summed E-state index contributed by atoms with van der Waals surface area (Å²) in [6.07, 6.45) is 1.49. The van der Waals surface area contributed by atoms with E-state index in [0.29, 0.717) is 10.9 Å². The third-order valence-electron chi connectivity index (χ3n) is 3.29. The summed E-state index contributed by atoms with van der Waals surface area (Å²) in [6.45, 7) is 0. The molecule has 23 heavy (non-hydrogen) atoms. The molecule has 0 saturated heterocycles. The van der Waals surface area contributed by atoms with Gasteiger partial charge in [0.25, 0.3) is 11.6 Å². The van der Waals surface area contributed by atoms with Gasteiger partial charge in [-0.05, 0) is 24.3 Å². The largest absolute Gasteiger partial charge is 0.314 e. The monoisotopic (exact) mass is 327 g/mol. The van der Waals surface area contributed by atoms with Crippen molar-refractivity contribution in [2.75, 3.05) is 5.32 Å². The number of pyridine rings is 1. The number of amides is 1. The third kappa shape index (κ3) is 2.84. The van der Waals surface area contributed by atoms with Gasteiger partial charge in [-0.2, -0.15) is 0 Å². The zero-order valence-corrected chi connectivity index (χ0v) is 12.4. The van der Waals surface area contributed by atoms with Crippen LogP contribution in [0.25, 0.3) is 10.9 Å². The number of carbonyl (C=O) groups excluding carboxylic acids is 1. The minimum absolute atomic E-state index is 0.0313. The van der Waals surface area contributed by atoms with E-state index in [-0.39, 0.29) is 21.9 Å². The van der Waals surface area contributed by atoms with Crippen molar-refractivity contribution in [1.82, 2.24) is 4.98 Å². The van der Waals surface area contributed by atoms with Crippen LogP contribution < -0.4 is 5.32 Å². The second kappa shape index (κ2) is 6.02. The van der Waals surface area contributed by atoms with Crippen LogP contribution >= 0.6 is 11.6 Å². The quantitative estimate of drug-likeness (QED) is 0.581. The Morgan fingerprint density at radius 1 is 1.17 bits per heavy atom. The molecule has 2 aromatic carbocycles. The molecule has 6 nitrogen and oxygen atoms in total. The highest BCUT2D eigenvalue weighted by atomic mass is 35.5. The molecule has 0 atom stereocenters. The molecule has 0 bridgehead atoms. The molecule has 1 N–H and O–H groups in total. The Morgan fingerprint density at radius 3 is 2.61 bits per heavy atom. The molecule has 0 fully saturated rings. The molecule has 3 rings (SSSR count). The van der Waals surface area contributed by atoms with Gasteiger partial charge in [0.15, 0.2) is 0 Å². The van der Waals surface area contributed by atoms with E-state index in [9.17, 15) is 14.9 Å². The maximum atomic E-state index is 12.3. The molecule has 3 aromatic rings. The first-order valence-electron chi connectivity index (χ1n) is 6.66. The van der Waals surface area contributed by atoms with Crippen LogP contribution in [0.3, 0.4) is 0 Å². The number of nitro groups is 1. The SMILES string of the molecule is O=C(Nc1c([N+](=O)[O-])cc(Cl)c2cccnc12)c1ccccc1. The first-order valence-corrected chi connectivity index (χ1v) is 7.04. The molecule has 0 aliphatic rings. The summed E-state index contributed by atoms with van der Waals surface area (Å²) in [4.78, 5) is 27.2. The highest BCUT2D eigenvalue weighted by Crippen LogP contribution is 2.36. The number of carbonyl (C=O) groups is 1. The number of halogens is 1. The molecule has 1 heterocycles. The third-order valence-corrected chi connectivity index (χ3v) is 3.61. The second-order valence-corrected chi connectivity index (χ2v) is 5.14. The van der Waals surface area contributed by atoms with Gasteiger partial charge in [-0.3, -0.25) is 19.9 Å². The average molecular weight is 328 g/mol. The Labute approximate surface area is 135 Å². The molecule has 0 aliphatic heterocycles. The van der Waals surface area contributed by atoms with Crippen LogP contribution in [-0.2, 0) is 0 Å². The number of benzene rings is 2. The van der Waals surface area contributed by atoms with Crippen molar-refractivity contribution in [3.8, 4) is 0 Å². The Hall–Kier alpha value is -2.99. The summed E-state index contributed by atoms with van der Waals surface area (Å²) < 4.78 is 0. The molecular weight excluding hydrogens is 318 g/mol. The fourth-order valence-electron chi connectivity index (χ4n) is 2.23. The van der Waals surface area contributed by atoms with Crippen LogP contribution in [0, 0.1) is 10.1 Å². The van der Waals surface area contributed by atoms with E-state index in [2.05, 4.69) is 10.3 Å². The van der Waals surface area contributed by atoms with Crippen molar-refractivity contribution in [2.24, 2.45) is 0 Å². The van der Waals surface area contributed by atoms with Gasteiger partial charge in [0.05, 0.1) is 9.95 Å². The fourth-order valence-corrected chi connectivity index (χ4v) is 2.49. The van der Waals surface area contributed by atoms with E-state index < -0.39 is 10.8 Å². The minimum atomic E-state index is -0.597. The number of nitrogens with one attached hydrogen (secondary N) is 1. The first-order chi connectivity index (χ1) is 11.1. The minimum Gasteiger partial charge on any atom is -0.314 e. The van der Waals surface area contributed by atoms with Gasteiger partial charge < -0.3 is 5.32 Å². The predicted octanol–water partition coefficient (Wildman–Crippen LogP) is 4.05. The smallest absolute Gasteiger partial charge is 0.296 e. The van der Waals surface area contributed by atoms with Crippen LogP contribution in [0.2, 0.25) is 5.02 Å². The highest BCUT2D eigenvalue weighted by Gasteiger charge is 2.22. The van der Waals surface area contributed by atoms with E-state index in [1.54, 1.807) is 42.5 Å². The van der Waals surface area contributed by atoms with E-state index in [1.807, 2.05) is 0 Å². The Morgan fingerprint density at radius 2 is 1.91 bits per heavy atom. The number of rotatable bonds is 3. The summed E-state index contributed by atoms with van der Waals surface area (Å²) in [5, 5.41) is 14.6. The Balaban J connectivity index is 2.15. The molecule has 7 heteroatoms. The van der Waals surface area contributed by atoms with Gasteiger partial charge in [0, 0.05) is 23.2 Å². The van der Waals surface area contributed by atoms with Crippen molar-refractivity contribution < 1.29 is 9.72 Å². The van der Waals surface area contributed by atoms with Crippen LogP contribution in [0.5, 0.6) is 0 Å². The molecule has 1 amide bonds. The molecule has 0 spiro atoms. The van der Waals surface area contributed by atoms with E-state index in [0.717, 1.165) is 0 Å². The zero-order valence-electron chi connectivity index (χ0n) is 11.7. The van der Waals surface area contributed by atoms with Crippen molar-refractivity contribution >= 4 is 39.8 Å². The first kappa shape index (κ1) is 14.9. The van der Waals surface area contributed by atoms with Gasteiger partial charge in [0.2, 0.25) is 0 Å². The summed E-state index contributed by atoms with van der Waals surface area (Å²) in [7, 11) is 0. The lowest BCUT2D eigenvalue weighted by Crippen LogP contribution is -2.13. The number of hydrogen-bond acceptors (Lipinski definition) is 4. The van der Waals surface area contributed by atoms with Crippen molar-refractivity contribution in [3.05, 3.63) is 75.4 Å². The van der Waals surface area contributed by atoms with Crippen LogP contribution in [0.1, 0.15) is 10.4 Å². The van der Waals surface area contributed by atoms with Crippen molar-refractivity contribution in [3.63, 3.8) is 0 Å². The number of hydrogen-bond donors (Lipinski definition) is 1. The predicted molar refractivity (Wildman–Crippen MR) is 87.8 cm³/mol. The number of nitrogens with zero attached hydrogens (tertiary/aromatic N) is 2. The van der Waals surface area contributed by atoms with Crippen LogP contribution in [-0.4, -0.2) is 15.8 Å². The summed E-state index contributed by atoms with van der Waals surface area (Å²) in [5.74, 6) is -0.456. The lowest BCUT2D eigenvalue weighted by atomic mass is 10.1. The Kier molecular flexibility index (Phi) is 3.91. The summed E-state index contributed by atoms with van der Waals surface area (Å²) in [6, 6.07) is 13.0. The maximum Gasteiger partial charge on any atom is 0.296 e. The molecule has 114 valence electrons. The summed E-state index contributed by atoms with van der Waals surface area (Å²) in [5.41, 5.74) is 0.395. The molecule has 0 aliphatic carbocycles. The lowest BCUT2D eigenvalue weighted by Gasteiger charge is -2.10. The van der Waals surface area contributed by atoms with E-state index >= 15 is 0 Å². The normalized spacial score (nSPS) is 10.5. The van der Waals surface area contributed by atoms with E-state index in [4.69, 9.17) is 11.6 Å². The molecule has 0 radical (unpaired) electrons. The number of nitro benzene ring substituents is 1. The Bertz CT molecular complexity index is 913. The number of aromatic nitrogens is 1. The second-order valence-electron chi connectivity index (χ2n) is 4.73. The summed E-state index contributed by atoms with van der Waals surface area (Å²) >= 11 is 6.07. The average Bonchev–Trinajstić information content (AvgIpc) is 2.57. The fraction of sp³-hybridized carbons (Fsp3) is 0. The zero-order chi connectivity index (χ0) is 16.4. The molecule has 1 aromatic heterocycles. The maximum absolute atomic E-state index is 12.3. The van der Waals surface area contributed by atoms with Gasteiger partial charge in [-0.25, -0.2) is 0 Å². The number of fused-ring (bicyclic) bond motifs is 1. The van der Waals surface area contributed by atoms with Crippen LogP contribution in [0.15, 0.2) is 54.7 Å². The number of anilines is 1. The van der Waals surface area contributed by atoms with Crippen LogP contribution in [0.4, 0.5) is 11.4 Å². The van der Waals surface area contributed by atoms with Crippen molar-refractivity contribution in [2.45, 2.75) is 0 Å².